The molecule has 1 aromatic carbocycles. The van der Waals surface area contributed by atoms with E-state index >= 15 is 0 Å². The standard InChI is InChI=1S/C15H14BrClN2O2/c1-21-12-5-2-9(6-11(12)16)8-19-14(20)7-13(17)18-15(19)10-3-4-10/h2,5-7,10H,3-4,8H2,1H3. The minimum Gasteiger partial charge on any atom is -0.496 e. The van der Waals surface area contributed by atoms with Crippen LogP contribution in [-0.2, 0) is 6.54 Å². The van der Waals surface area contributed by atoms with Crippen LogP contribution in [0.1, 0.15) is 30.1 Å². The van der Waals surface area contributed by atoms with Crippen molar-refractivity contribution < 1.29 is 4.74 Å². The molecule has 1 aliphatic rings. The lowest BCUT2D eigenvalue weighted by Gasteiger charge is -2.12. The normalized spacial score (nSPS) is 14.2. The highest BCUT2D eigenvalue weighted by Crippen LogP contribution is 2.39. The Morgan fingerprint density at radius 1 is 1.43 bits per heavy atom. The molecule has 0 saturated heterocycles. The molecule has 0 amide bonds. The lowest BCUT2D eigenvalue weighted by Crippen LogP contribution is -2.24. The van der Waals surface area contributed by atoms with Gasteiger partial charge in [0.1, 0.15) is 16.7 Å². The fourth-order valence-electron chi connectivity index (χ4n) is 2.30. The molecular weight excluding hydrogens is 356 g/mol. The Hall–Kier alpha value is -1.33. The van der Waals surface area contributed by atoms with Crippen molar-refractivity contribution in [3.05, 3.63) is 55.6 Å². The molecule has 21 heavy (non-hydrogen) atoms. The zero-order valence-electron chi connectivity index (χ0n) is 11.5. The second-order valence-corrected chi connectivity index (χ2v) is 6.35. The summed E-state index contributed by atoms with van der Waals surface area (Å²) in [5.74, 6) is 1.92. The van der Waals surface area contributed by atoms with E-state index < -0.39 is 0 Å². The Labute approximate surface area is 135 Å². The van der Waals surface area contributed by atoms with Crippen LogP contribution in [-0.4, -0.2) is 16.7 Å². The molecule has 1 saturated carbocycles. The molecule has 0 radical (unpaired) electrons. The van der Waals surface area contributed by atoms with Crippen LogP contribution in [0.2, 0.25) is 5.15 Å². The van der Waals surface area contributed by atoms with Gasteiger partial charge in [-0.2, -0.15) is 0 Å². The monoisotopic (exact) mass is 368 g/mol. The molecule has 0 aliphatic heterocycles. The number of methoxy groups -OCH3 is 1. The summed E-state index contributed by atoms with van der Waals surface area (Å²) in [6, 6.07) is 7.15. The van der Waals surface area contributed by atoms with Crippen molar-refractivity contribution in [2.45, 2.75) is 25.3 Å². The molecule has 6 heteroatoms. The van der Waals surface area contributed by atoms with E-state index in [1.54, 1.807) is 11.7 Å². The molecule has 3 rings (SSSR count). The van der Waals surface area contributed by atoms with Crippen LogP contribution in [0.3, 0.4) is 0 Å². The van der Waals surface area contributed by atoms with Gasteiger partial charge >= 0.3 is 0 Å². The number of benzene rings is 1. The van der Waals surface area contributed by atoms with Crippen LogP contribution < -0.4 is 10.3 Å². The highest BCUT2D eigenvalue weighted by Gasteiger charge is 2.29. The Balaban J connectivity index is 1.98. The van der Waals surface area contributed by atoms with Crippen molar-refractivity contribution in [1.29, 1.82) is 0 Å². The van der Waals surface area contributed by atoms with E-state index in [2.05, 4.69) is 20.9 Å². The van der Waals surface area contributed by atoms with Crippen LogP contribution >= 0.6 is 27.5 Å². The molecule has 1 aromatic heterocycles. The third kappa shape index (κ3) is 3.14. The van der Waals surface area contributed by atoms with Crippen molar-refractivity contribution in [3.63, 3.8) is 0 Å². The highest BCUT2D eigenvalue weighted by atomic mass is 79.9. The molecular formula is C15H14BrClN2O2. The summed E-state index contributed by atoms with van der Waals surface area (Å²) in [5, 5.41) is 0.272. The van der Waals surface area contributed by atoms with E-state index in [1.165, 1.54) is 6.07 Å². The minimum atomic E-state index is -0.108. The molecule has 110 valence electrons. The molecule has 1 fully saturated rings. The van der Waals surface area contributed by atoms with Gasteiger partial charge < -0.3 is 4.74 Å². The van der Waals surface area contributed by atoms with E-state index in [4.69, 9.17) is 16.3 Å². The summed E-state index contributed by atoms with van der Waals surface area (Å²) >= 11 is 9.37. The summed E-state index contributed by atoms with van der Waals surface area (Å²) in [4.78, 5) is 16.5. The zero-order valence-corrected chi connectivity index (χ0v) is 13.8. The minimum absolute atomic E-state index is 0.108. The zero-order chi connectivity index (χ0) is 15.0. The third-order valence-corrected chi connectivity index (χ3v) is 4.32. The summed E-state index contributed by atoms with van der Waals surface area (Å²) in [7, 11) is 1.62. The van der Waals surface area contributed by atoms with Crippen LogP contribution in [0.5, 0.6) is 5.75 Å². The van der Waals surface area contributed by atoms with Crippen molar-refractivity contribution in [1.82, 2.24) is 9.55 Å². The SMILES string of the molecule is COc1ccc(Cn2c(C3CC3)nc(Cl)cc2=O)cc1Br. The molecule has 1 heterocycles. The lowest BCUT2D eigenvalue weighted by atomic mass is 10.2. The highest BCUT2D eigenvalue weighted by molar-refractivity contribution is 9.10. The van der Waals surface area contributed by atoms with Crippen LogP contribution in [0.4, 0.5) is 0 Å². The van der Waals surface area contributed by atoms with Gasteiger partial charge in [-0.25, -0.2) is 4.98 Å². The average Bonchev–Trinajstić information content (AvgIpc) is 3.26. The molecule has 0 N–H and O–H groups in total. The molecule has 1 aliphatic carbocycles. The van der Waals surface area contributed by atoms with Gasteiger partial charge in [-0.05, 0) is 46.5 Å². The van der Waals surface area contributed by atoms with Gasteiger partial charge in [0.25, 0.3) is 5.56 Å². The third-order valence-electron chi connectivity index (χ3n) is 3.51. The molecule has 0 atom stereocenters. The number of ether oxygens (including phenoxy) is 1. The smallest absolute Gasteiger partial charge is 0.255 e. The van der Waals surface area contributed by atoms with Gasteiger partial charge in [-0.15, -0.1) is 0 Å². The topological polar surface area (TPSA) is 44.1 Å². The number of hydrogen-bond acceptors (Lipinski definition) is 3. The second-order valence-electron chi connectivity index (χ2n) is 5.10. The van der Waals surface area contributed by atoms with Crippen LogP contribution in [0.15, 0.2) is 33.5 Å². The quantitative estimate of drug-likeness (QED) is 0.774. The van der Waals surface area contributed by atoms with Crippen LogP contribution in [0, 0.1) is 0 Å². The summed E-state index contributed by atoms with van der Waals surface area (Å²) in [6.45, 7) is 0.484. The fraction of sp³-hybridized carbons (Fsp3) is 0.333. The molecule has 0 unspecified atom stereocenters. The van der Waals surface area contributed by atoms with Gasteiger partial charge in [0, 0.05) is 12.0 Å². The van der Waals surface area contributed by atoms with E-state index in [9.17, 15) is 4.79 Å². The summed E-state index contributed by atoms with van der Waals surface area (Å²) in [6.07, 6.45) is 2.14. The summed E-state index contributed by atoms with van der Waals surface area (Å²) in [5.41, 5.74) is 0.902. The Bertz CT molecular complexity index is 741. The predicted octanol–water partition coefficient (Wildman–Crippen LogP) is 3.59. The van der Waals surface area contributed by atoms with E-state index in [-0.39, 0.29) is 10.7 Å². The maximum atomic E-state index is 12.2. The summed E-state index contributed by atoms with van der Waals surface area (Å²) < 4.78 is 7.79. The lowest BCUT2D eigenvalue weighted by molar-refractivity contribution is 0.412. The van der Waals surface area contributed by atoms with Gasteiger partial charge in [0.15, 0.2) is 0 Å². The largest absolute Gasteiger partial charge is 0.496 e. The average molecular weight is 370 g/mol. The fourth-order valence-corrected chi connectivity index (χ4v) is 3.07. The predicted molar refractivity (Wildman–Crippen MR) is 85.3 cm³/mol. The van der Waals surface area contributed by atoms with E-state index in [0.29, 0.717) is 12.5 Å². The van der Waals surface area contributed by atoms with Gasteiger partial charge in [-0.3, -0.25) is 9.36 Å². The van der Waals surface area contributed by atoms with E-state index in [1.807, 2.05) is 18.2 Å². The molecule has 2 aromatic rings. The first-order valence-corrected chi connectivity index (χ1v) is 7.85. The number of hydrogen-bond donors (Lipinski definition) is 0. The second kappa shape index (κ2) is 5.81. The first kappa shape index (κ1) is 14.6. The number of nitrogens with zero attached hydrogens (tertiary/aromatic N) is 2. The number of rotatable bonds is 4. The maximum absolute atomic E-state index is 12.2. The van der Waals surface area contributed by atoms with Crippen molar-refractivity contribution in [3.8, 4) is 5.75 Å². The van der Waals surface area contributed by atoms with Gasteiger partial charge in [0.2, 0.25) is 0 Å². The van der Waals surface area contributed by atoms with Crippen molar-refractivity contribution in [2.75, 3.05) is 7.11 Å². The first-order chi connectivity index (χ1) is 10.1. The Morgan fingerprint density at radius 2 is 2.19 bits per heavy atom. The van der Waals surface area contributed by atoms with Gasteiger partial charge in [0.05, 0.1) is 18.1 Å². The molecule has 0 bridgehead atoms. The van der Waals surface area contributed by atoms with E-state index in [0.717, 1.165) is 34.5 Å². The molecule has 4 nitrogen and oxygen atoms in total. The van der Waals surface area contributed by atoms with Crippen molar-refractivity contribution >= 4 is 27.5 Å². The van der Waals surface area contributed by atoms with Crippen LogP contribution in [0.25, 0.3) is 0 Å². The Morgan fingerprint density at radius 3 is 2.81 bits per heavy atom. The maximum Gasteiger partial charge on any atom is 0.255 e. The Kier molecular flexibility index (Phi) is 4.04. The number of aromatic nitrogens is 2. The first-order valence-electron chi connectivity index (χ1n) is 6.68. The van der Waals surface area contributed by atoms with Gasteiger partial charge in [-0.1, -0.05) is 17.7 Å². The molecule has 0 spiro atoms. The van der Waals surface area contributed by atoms with Crippen molar-refractivity contribution in [2.24, 2.45) is 0 Å². The number of halogens is 2.